The van der Waals surface area contributed by atoms with Crippen molar-refractivity contribution in [1.82, 2.24) is 4.98 Å². The van der Waals surface area contributed by atoms with Crippen molar-refractivity contribution < 1.29 is 4.79 Å². The lowest BCUT2D eigenvalue weighted by Crippen LogP contribution is -1.74. The number of hydrogen-bond acceptors (Lipinski definition) is 2. The summed E-state index contributed by atoms with van der Waals surface area (Å²) in [5.41, 5.74) is 0.891. The van der Waals surface area contributed by atoms with Crippen LogP contribution in [0, 0.1) is 11.8 Å². The maximum Gasteiger partial charge on any atom is 0.131 e. The number of carbonyl (C=O) groups excluding carboxylic acids is 1. The number of nitrogens with zero attached hydrogens (tertiary/aromatic N) is 1. The summed E-state index contributed by atoms with van der Waals surface area (Å²) in [5, 5.41) is 0. The molecule has 2 heteroatoms. The number of rotatable bonds is 1. The molecule has 0 amide bonds. The summed E-state index contributed by atoms with van der Waals surface area (Å²) in [6, 6.07) is 3.61. The summed E-state index contributed by atoms with van der Waals surface area (Å²) in [6.07, 6.45) is 4.42. The fourth-order valence-electron chi connectivity index (χ4n) is 0.630. The first kappa shape index (κ1) is 7.49. The number of aromatic nitrogens is 1. The van der Waals surface area contributed by atoms with Crippen molar-refractivity contribution in [3.05, 3.63) is 30.1 Å². The van der Waals surface area contributed by atoms with Crippen LogP contribution in [0.25, 0.3) is 0 Å². The van der Waals surface area contributed by atoms with Crippen LogP contribution in [0.2, 0.25) is 0 Å². The van der Waals surface area contributed by atoms with E-state index in [9.17, 15) is 4.79 Å². The van der Waals surface area contributed by atoms with Gasteiger partial charge in [-0.3, -0.25) is 4.98 Å². The Morgan fingerprint density at radius 3 is 2.82 bits per heavy atom. The van der Waals surface area contributed by atoms with E-state index in [1.807, 2.05) is 0 Å². The lowest BCUT2D eigenvalue weighted by atomic mass is 10.3. The van der Waals surface area contributed by atoms with Crippen LogP contribution in [0.4, 0.5) is 0 Å². The van der Waals surface area contributed by atoms with Crippen LogP contribution in [-0.2, 0) is 4.79 Å². The molecule has 11 heavy (non-hydrogen) atoms. The molecule has 0 aliphatic carbocycles. The van der Waals surface area contributed by atoms with Crippen LogP contribution in [0.15, 0.2) is 24.5 Å². The van der Waals surface area contributed by atoms with E-state index in [1.165, 1.54) is 0 Å². The van der Waals surface area contributed by atoms with Crippen molar-refractivity contribution >= 4 is 6.29 Å². The standard InChI is InChI=1S/C9H7NO/c11-8-2-1-3-9-4-6-10-7-5-9/h4-8H,2H2. The first-order valence-electron chi connectivity index (χ1n) is 3.26. The van der Waals surface area contributed by atoms with E-state index < -0.39 is 0 Å². The minimum atomic E-state index is 0.294. The van der Waals surface area contributed by atoms with Gasteiger partial charge in [-0.25, -0.2) is 0 Å². The molecule has 0 bridgehead atoms. The molecule has 0 aromatic carbocycles. The van der Waals surface area contributed by atoms with Crippen molar-refractivity contribution in [2.75, 3.05) is 0 Å². The highest BCUT2D eigenvalue weighted by Gasteiger charge is 1.80. The number of pyridine rings is 1. The third kappa shape index (κ3) is 2.63. The van der Waals surface area contributed by atoms with Gasteiger partial charge in [-0.1, -0.05) is 11.8 Å². The third-order valence-corrected chi connectivity index (χ3v) is 1.10. The highest BCUT2D eigenvalue weighted by Crippen LogP contribution is 1.91. The molecule has 0 unspecified atom stereocenters. The smallest absolute Gasteiger partial charge is 0.131 e. The van der Waals surface area contributed by atoms with E-state index in [0.717, 1.165) is 11.8 Å². The Morgan fingerprint density at radius 1 is 1.45 bits per heavy atom. The first-order valence-corrected chi connectivity index (χ1v) is 3.26. The van der Waals surface area contributed by atoms with Crippen LogP contribution >= 0.6 is 0 Å². The summed E-state index contributed by atoms with van der Waals surface area (Å²) in [5.74, 6) is 5.53. The van der Waals surface area contributed by atoms with Crippen molar-refractivity contribution in [3.63, 3.8) is 0 Å². The highest BCUT2D eigenvalue weighted by molar-refractivity contribution is 5.54. The van der Waals surface area contributed by atoms with Gasteiger partial charge in [0.25, 0.3) is 0 Å². The van der Waals surface area contributed by atoms with E-state index >= 15 is 0 Å². The van der Waals surface area contributed by atoms with Gasteiger partial charge < -0.3 is 4.79 Å². The molecule has 2 nitrogen and oxygen atoms in total. The van der Waals surface area contributed by atoms with Crippen molar-refractivity contribution in [3.8, 4) is 11.8 Å². The molecule has 0 aliphatic heterocycles. The van der Waals surface area contributed by atoms with Gasteiger partial charge in [0.1, 0.15) is 6.29 Å². The molecule has 1 rings (SSSR count). The van der Waals surface area contributed by atoms with Crippen LogP contribution in [-0.4, -0.2) is 11.3 Å². The van der Waals surface area contributed by atoms with Crippen molar-refractivity contribution in [1.29, 1.82) is 0 Å². The number of carbonyl (C=O) groups is 1. The zero-order valence-corrected chi connectivity index (χ0v) is 5.95. The Bertz CT molecular complexity index is 281. The van der Waals surface area contributed by atoms with E-state index in [2.05, 4.69) is 16.8 Å². The SMILES string of the molecule is O=CCC#Cc1ccncc1. The molecule has 1 aromatic heterocycles. The Labute approximate surface area is 65.3 Å². The lowest BCUT2D eigenvalue weighted by Gasteiger charge is -1.83. The number of hydrogen-bond donors (Lipinski definition) is 0. The van der Waals surface area contributed by atoms with Crippen LogP contribution in [0.5, 0.6) is 0 Å². The number of aldehydes is 1. The predicted octanol–water partition coefficient (Wildman–Crippen LogP) is 1.02. The Balaban J connectivity index is 2.66. The van der Waals surface area contributed by atoms with Crippen molar-refractivity contribution in [2.45, 2.75) is 6.42 Å². The van der Waals surface area contributed by atoms with E-state index in [0.29, 0.717) is 6.42 Å². The molecule has 1 aromatic rings. The molecule has 0 N–H and O–H groups in total. The molecular weight excluding hydrogens is 138 g/mol. The monoisotopic (exact) mass is 145 g/mol. The van der Waals surface area contributed by atoms with E-state index in [1.54, 1.807) is 24.5 Å². The minimum Gasteiger partial charge on any atom is -0.302 e. The first-order chi connectivity index (χ1) is 5.43. The highest BCUT2D eigenvalue weighted by atomic mass is 16.1. The third-order valence-electron chi connectivity index (χ3n) is 1.10. The van der Waals surface area contributed by atoms with Gasteiger partial charge in [0.15, 0.2) is 0 Å². The van der Waals surface area contributed by atoms with Crippen LogP contribution in [0.1, 0.15) is 12.0 Å². The minimum absolute atomic E-state index is 0.294. The van der Waals surface area contributed by atoms with Crippen molar-refractivity contribution in [2.24, 2.45) is 0 Å². The summed E-state index contributed by atoms with van der Waals surface area (Å²) in [7, 11) is 0. The summed E-state index contributed by atoms with van der Waals surface area (Å²) in [4.78, 5) is 13.7. The average Bonchev–Trinajstić information content (AvgIpc) is 2.07. The molecular formula is C9H7NO. The topological polar surface area (TPSA) is 30.0 Å². The van der Waals surface area contributed by atoms with Crippen LogP contribution in [0.3, 0.4) is 0 Å². The molecule has 0 spiro atoms. The lowest BCUT2D eigenvalue weighted by molar-refractivity contribution is -0.107. The second-order valence-corrected chi connectivity index (χ2v) is 1.91. The van der Waals surface area contributed by atoms with Gasteiger partial charge in [0.05, 0.1) is 6.42 Å². The summed E-state index contributed by atoms with van der Waals surface area (Å²) < 4.78 is 0. The predicted molar refractivity (Wildman–Crippen MR) is 41.8 cm³/mol. The Hall–Kier alpha value is -1.62. The van der Waals surface area contributed by atoms with E-state index in [4.69, 9.17) is 0 Å². The Kier molecular flexibility index (Phi) is 2.88. The van der Waals surface area contributed by atoms with Gasteiger partial charge in [0, 0.05) is 18.0 Å². The molecule has 0 saturated carbocycles. The zero-order chi connectivity index (χ0) is 7.94. The second-order valence-electron chi connectivity index (χ2n) is 1.91. The van der Waals surface area contributed by atoms with Crippen LogP contribution < -0.4 is 0 Å². The second kappa shape index (κ2) is 4.24. The fraction of sp³-hybridized carbons (Fsp3) is 0.111. The quantitative estimate of drug-likeness (QED) is 0.436. The molecule has 54 valence electrons. The molecule has 1 heterocycles. The molecule has 0 radical (unpaired) electrons. The maximum atomic E-state index is 9.88. The van der Waals surface area contributed by atoms with Gasteiger partial charge >= 0.3 is 0 Å². The maximum absolute atomic E-state index is 9.88. The molecule has 0 saturated heterocycles. The fourth-order valence-corrected chi connectivity index (χ4v) is 0.630. The van der Waals surface area contributed by atoms with Gasteiger partial charge in [-0.15, -0.1) is 0 Å². The van der Waals surface area contributed by atoms with Gasteiger partial charge in [-0.05, 0) is 12.1 Å². The molecule has 0 atom stereocenters. The van der Waals surface area contributed by atoms with Gasteiger partial charge in [0.2, 0.25) is 0 Å². The summed E-state index contributed by atoms with van der Waals surface area (Å²) in [6.45, 7) is 0. The Morgan fingerprint density at radius 2 is 2.18 bits per heavy atom. The van der Waals surface area contributed by atoms with E-state index in [-0.39, 0.29) is 0 Å². The normalized spacial score (nSPS) is 8.00. The average molecular weight is 145 g/mol. The summed E-state index contributed by atoms with van der Waals surface area (Å²) >= 11 is 0. The zero-order valence-electron chi connectivity index (χ0n) is 5.95. The largest absolute Gasteiger partial charge is 0.302 e. The molecule has 0 fully saturated rings. The molecule has 0 aliphatic rings. The van der Waals surface area contributed by atoms with Gasteiger partial charge in [-0.2, -0.15) is 0 Å².